The average molecular weight is 223 g/mol. The normalized spacial score (nSPS) is 15.9. The molecule has 0 bridgehead atoms. The van der Waals surface area contributed by atoms with Crippen LogP contribution in [0.2, 0.25) is 0 Å². The summed E-state index contributed by atoms with van der Waals surface area (Å²) in [5.74, 6) is 1.59. The number of aliphatic hydroxyl groups is 1. The Bertz CT molecular complexity index is 354. The van der Waals surface area contributed by atoms with Crippen LogP contribution in [0.5, 0.6) is 11.5 Å². The molecule has 4 heteroatoms. The monoisotopic (exact) mass is 223 g/mol. The molecule has 1 heterocycles. The van der Waals surface area contributed by atoms with E-state index in [2.05, 4.69) is 5.32 Å². The summed E-state index contributed by atoms with van der Waals surface area (Å²) in [7, 11) is 1.89. The fourth-order valence-electron chi connectivity index (χ4n) is 1.88. The van der Waals surface area contributed by atoms with Gasteiger partial charge in [-0.25, -0.2) is 0 Å². The minimum Gasteiger partial charge on any atom is -0.486 e. The first-order valence-corrected chi connectivity index (χ1v) is 5.53. The molecule has 0 fully saturated rings. The van der Waals surface area contributed by atoms with Crippen molar-refractivity contribution in [3.8, 4) is 11.5 Å². The molecule has 2 N–H and O–H groups in total. The maximum Gasteiger partial charge on any atom is 0.161 e. The Morgan fingerprint density at radius 3 is 2.75 bits per heavy atom. The van der Waals surface area contributed by atoms with Crippen molar-refractivity contribution in [2.24, 2.45) is 0 Å². The number of rotatable bonds is 4. The standard InChI is InChI=1S/C12H17NO3/c1-13-10(4-5-14)9-2-3-11-12(8-9)16-7-6-15-11/h2-3,8,10,13-14H,4-7H2,1H3. The van der Waals surface area contributed by atoms with E-state index >= 15 is 0 Å². The predicted octanol–water partition coefficient (Wildman–Crippen LogP) is 1.10. The van der Waals surface area contributed by atoms with Gasteiger partial charge in [0.1, 0.15) is 13.2 Å². The van der Waals surface area contributed by atoms with Gasteiger partial charge in [-0.05, 0) is 31.2 Å². The molecule has 0 spiro atoms. The molecule has 0 aliphatic carbocycles. The maximum absolute atomic E-state index is 8.97. The fourth-order valence-corrected chi connectivity index (χ4v) is 1.88. The van der Waals surface area contributed by atoms with E-state index in [-0.39, 0.29) is 12.6 Å². The van der Waals surface area contributed by atoms with Crippen molar-refractivity contribution in [1.82, 2.24) is 5.32 Å². The predicted molar refractivity (Wildman–Crippen MR) is 60.9 cm³/mol. The smallest absolute Gasteiger partial charge is 0.161 e. The topological polar surface area (TPSA) is 50.7 Å². The summed E-state index contributed by atoms with van der Waals surface area (Å²) in [6.07, 6.45) is 0.691. The van der Waals surface area contributed by atoms with Gasteiger partial charge in [-0.3, -0.25) is 0 Å². The van der Waals surface area contributed by atoms with Crippen molar-refractivity contribution < 1.29 is 14.6 Å². The lowest BCUT2D eigenvalue weighted by Crippen LogP contribution is -2.19. The van der Waals surface area contributed by atoms with E-state index < -0.39 is 0 Å². The third-order valence-electron chi connectivity index (χ3n) is 2.73. The first-order chi connectivity index (χ1) is 7.85. The van der Waals surface area contributed by atoms with Crippen molar-refractivity contribution in [2.45, 2.75) is 12.5 Å². The Morgan fingerprint density at radius 1 is 1.31 bits per heavy atom. The Morgan fingerprint density at radius 2 is 2.06 bits per heavy atom. The highest BCUT2D eigenvalue weighted by atomic mass is 16.6. The van der Waals surface area contributed by atoms with Gasteiger partial charge in [0.2, 0.25) is 0 Å². The van der Waals surface area contributed by atoms with Crippen molar-refractivity contribution in [3.63, 3.8) is 0 Å². The highest BCUT2D eigenvalue weighted by Gasteiger charge is 2.15. The average Bonchev–Trinajstić information content (AvgIpc) is 2.35. The second kappa shape index (κ2) is 5.18. The maximum atomic E-state index is 8.97. The molecule has 0 aromatic heterocycles. The van der Waals surface area contributed by atoms with Crippen LogP contribution in [0.1, 0.15) is 18.0 Å². The molecule has 0 amide bonds. The van der Waals surface area contributed by atoms with Gasteiger partial charge in [0.05, 0.1) is 0 Å². The van der Waals surface area contributed by atoms with Crippen molar-refractivity contribution in [3.05, 3.63) is 23.8 Å². The number of aliphatic hydroxyl groups excluding tert-OH is 1. The quantitative estimate of drug-likeness (QED) is 0.802. The van der Waals surface area contributed by atoms with Crippen LogP contribution < -0.4 is 14.8 Å². The van der Waals surface area contributed by atoms with Crippen LogP contribution in [-0.4, -0.2) is 32.0 Å². The number of hydrogen-bond acceptors (Lipinski definition) is 4. The number of hydrogen-bond donors (Lipinski definition) is 2. The van der Waals surface area contributed by atoms with Crippen LogP contribution >= 0.6 is 0 Å². The van der Waals surface area contributed by atoms with Gasteiger partial charge in [0.15, 0.2) is 11.5 Å². The van der Waals surface area contributed by atoms with Gasteiger partial charge in [0, 0.05) is 12.6 Å². The summed E-state index contributed by atoms with van der Waals surface area (Å²) in [5, 5.41) is 12.1. The largest absolute Gasteiger partial charge is 0.486 e. The fraction of sp³-hybridized carbons (Fsp3) is 0.500. The van der Waals surface area contributed by atoms with E-state index in [4.69, 9.17) is 14.6 Å². The molecule has 1 aromatic carbocycles. The highest BCUT2D eigenvalue weighted by molar-refractivity contribution is 5.44. The lowest BCUT2D eigenvalue weighted by molar-refractivity contribution is 0.171. The SMILES string of the molecule is CNC(CCO)c1ccc2c(c1)OCCO2. The Kier molecular flexibility index (Phi) is 3.64. The molecule has 1 aliphatic heterocycles. The number of benzene rings is 1. The molecule has 1 atom stereocenters. The van der Waals surface area contributed by atoms with E-state index in [0.29, 0.717) is 19.6 Å². The second-order valence-corrected chi connectivity index (χ2v) is 3.76. The van der Waals surface area contributed by atoms with Gasteiger partial charge < -0.3 is 19.9 Å². The van der Waals surface area contributed by atoms with E-state index in [1.165, 1.54) is 0 Å². The van der Waals surface area contributed by atoms with Crippen LogP contribution in [-0.2, 0) is 0 Å². The van der Waals surface area contributed by atoms with E-state index in [1.807, 2.05) is 25.2 Å². The van der Waals surface area contributed by atoms with Crippen LogP contribution in [0.3, 0.4) is 0 Å². The third-order valence-corrected chi connectivity index (χ3v) is 2.73. The third kappa shape index (κ3) is 2.28. The molecule has 88 valence electrons. The summed E-state index contributed by atoms with van der Waals surface area (Å²) < 4.78 is 11.0. The Labute approximate surface area is 95.2 Å². The second-order valence-electron chi connectivity index (χ2n) is 3.76. The van der Waals surface area contributed by atoms with E-state index in [9.17, 15) is 0 Å². The summed E-state index contributed by atoms with van der Waals surface area (Å²) in [4.78, 5) is 0. The Hall–Kier alpha value is -1.26. The zero-order valence-electron chi connectivity index (χ0n) is 9.40. The molecule has 1 aliphatic rings. The van der Waals surface area contributed by atoms with E-state index in [1.54, 1.807) is 0 Å². The molecule has 1 unspecified atom stereocenters. The number of ether oxygens (including phenoxy) is 2. The first-order valence-electron chi connectivity index (χ1n) is 5.53. The summed E-state index contributed by atoms with van der Waals surface area (Å²) in [5.41, 5.74) is 1.11. The lowest BCUT2D eigenvalue weighted by Gasteiger charge is -2.21. The molecular weight excluding hydrogens is 206 g/mol. The van der Waals surface area contributed by atoms with E-state index in [0.717, 1.165) is 17.1 Å². The molecule has 4 nitrogen and oxygen atoms in total. The molecule has 16 heavy (non-hydrogen) atoms. The van der Waals surface area contributed by atoms with Crippen LogP contribution in [0, 0.1) is 0 Å². The Balaban J connectivity index is 2.21. The zero-order valence-corrected chi connectivity index (χ0v) is 9.40. The molecular formula is C12H17NO3. The summed E-state index contributed by atoms with van der Waals surface area (Å²) >= 11 is 0. The van der Waals surface area contributed by atoms with Gasteiger partial charge in [-0.1, -0.05) is 6.07 Å². The van der Waals surface area contributed by atoms with Gasteiger partial charge in [-0.2, -0.15) is 0 Å². The van der Waals surface area contributed by atoms with Gasteiger partial charge >= 0.3 is 0 Å². The number of fused-ring (bicyclic) bond motifs is 1. The van der Waals surface area contributed by atoms with Gasteiger partial charge in [-0.15, -0.1) is 0 Å². The van der Waals surface area contributed by atoms with Crippen LogP contribution in [0.15, 0.2) is 18.2 Å². The van der Waals surface area contributed by atoms with Crippen molar-refractivity contribution >= 4 is 0 Å². The van der Waals surface area contributed by atoms with Gasteiger partial charge in [0.25, 0.3) is 0 Å². The highest BCUT2D eigenvalue weighted by Crippen LogP contribution is 2.33. The minimum absolute atomic E-state index is 0.154. The van der Waals surface area contributed by atoms with Crippen LogP contribution in [0.4, 0.5) is 0 Å². The summed E-state index contributed by atoms with van der Waals surface area (Å²) in [6.45, 7) is 1.37. The van der Waals surface area contributed by atoms with Crippen molar-refractivity contribution in [2.75, 3.05) is 26.9 Å². The molecule has 0 saturated carbocycles. The summed E-state index contributed by atoms with van der Waals surface area (Å²) in [6, 6.07) is 6.06. The molecule has 1 aromatic rings. The first kappa shape index (κ1) is 11.2. The minimum atomic E-state index is 0.154. The zero-order chi connectivity index (χ0) is 11.4. The van der Waals surface area contributed by atoms with Crippen LogP contribution in [0.25, 0.3) is 0 Å². The molecule has 0 radical (unpaired) electrons. The van der Waals surface area contributed by atoms with Crippen molar-refractivity contribution in [1.29, 1.82) is 0 Å². The number of nitrogens with one attached hydrogen (secondary N) is 1. The lowest BCUT2D eigenvalue weighted by atomic mass is 10.0. The molecule has 2 rings (SSSR count). The molecule has 0 saturated heterocycles.